The number of amides is 4. The Hall–Kier alpha value is -3.90. The zero-order valence-corrected chi connectivity index (χ0v) is 23.1. The van der Waals surface area contributed by atoms with Gasteiger partial charge in [0.1, 0.15) is 6.04 Å². The molecular formula is C28H30ClFN4O7. The van der Waals surface area contributed by atoms with Crippen molar-refractivity contribution in [3.05, 3.63) is 58.4 Å². The summed E-state index contributed by atoms with van der Waals surface area (Å²) in [5.41, 5.74) is -0.494. The van der Waals surface area contributed by atoms with E-state index in [0.29, 0.717) is 25.3 Å². The van der Waals surface area contributed by atoms with Gasteiger partial charge in [-0.05, 0) is 62.1 Å². The second-order valence-corrected chi connectivity index (χ2v) is 10.8. The van der Waals surface area contributed by atoms with Crippen molar-refractivity contribution < 1.29 is 38.1 Å². The number of nitrogens with one attached hydrogen (secondary N) is 2. The third kappa shape index (κ3) is 5.80. The lowest BCUT2D eigenvalue weighted by Crippen LogP contribution is -2.57. The van der Waals surface area contributed by atoms with Gasteiger partial charge < -0.3 is 24.8 Å². The molecule has 3 N–H and O–H groups in total. The van der Waals surface area contributed by atoms with Crippen LogP contribution in [0.5, 0.6) is 0 Å². The van der Waals surface area contributed by atoms with Crippen LogP contribution >= 0.6 is 11.6 Å². The van der Waals surface area contributed by atoms with Gasteiger partial charge in [-0.15, -0.1) is 0 Å². The lowest BCUT2D eigenvalue weighted by atomic mass is 9.82. The van der Waals surface area contributed by atoms with E-state index in [2.05, 4.69) is 10.6 Å². The molecule has 2 fully saturated rings. The smallest absolute Gasteiger partial charge is 0.412 e. The summed E-state index contributed by atoms with van der Waals surface area (Å²) in [5.74, 6) is -1.65. The fourth-order valence-corrected chi connectivity index (χ4v) is 5.84. The van der Waals surface area contributed by atoms with Crippen molar-refractivity contribution in [1.82, 2.24) is 10.2 Å². The van der Waals surface area contributed by atoms with Gasteiger partial charge in [0.05, 0.1) is 28.9 Å². The number of carbonyl (C=O) groups is 4. The van der Waals surface area contributed by atoms with E-state index in [9.17, 15) is 24.3 Å². The van der Waals surface area contributed by atoms with Crippen LogP contribution in [0.2, 0.25) is 5.02 Å². The molecule has 1 spiro atoms. The number of anilines is 2. The molecule has 0 bridgehead atoms. The third-order valence-corrected chi connectivity index (χ3v) is 8.06. The fourth-order valence-electron chi connectivity index (χ4n) is 5.68. The van der Waals surface area contributed by atoms with Crippen LogP contribution in [0.15, 0.2) is 36.4 Å². The molecule has 4 amide bonds. The Balaban J connectivity index is 1.39. The maximum absolute atomic E-state index is 15.3. The highest BCUT2D eigenvalue weighted by Gasteiger charge is 2.49. The molecule has 0 saturated carbocycles. The molecule has 3 atom stereocenters. The van der Waals surface area contributed by atoms with Crippen molar-refractivity contribution in [2.24, 2.45) is 0 Å². The number of carbonyl (C=O) groups excluding carboxylic acids is 3. The fraction of sp³-hybridized carbons (Fsp3) is 0.429. The van der Waals surface area contributed by atoms with E-state index in [1.54, 1.807) is 0 Å². The molecule has 3 aliphatic rings. The van der Waals surface area contributed by atoms with E-state index < -0.39 is 41.5 Å². The van der Waals surface area contributed by atoms with E-state index >= 15 is 4.39 Å². The molecule has 3 aliphatic heterocycles. The first-order valence-corrected chi connectivity index (χ1v) is 13.7. The summed E-state index contributed by atoms with van der Waals surface area (Å²) in [6.45, 7) is 0.763. The van der Waals surface area contributed by atoms with Gasteiger partial charge in [-0.3, -0.25) is 19.8 Å². The van der Waals surface area contributed by atoms with Crippen molar-refractivity contribution >= 4 is 47.0 Å². The first kappa shape index (κ1) is 28.6. The molecule has 0 radical (unpaired) electrons. The number of benzene rings is 2. The second kappa shape index (κ2) is 11.5. The van der Waals surface area contributed by atoms with Gasteiger partial charge in [0.15, 0.2) is 11.4 Å². The lowest BCUT2D eigenvalue weighted by Gasteiger charge is -2.45. The Kier molecular flexibility index (Phi) is 8.05. The SMILES string of the molecule is CN(C(=O)O)c1ccc(C(=O)NC(C[C@@H]2CCCO2)C(=O)N2CCC[C@@]3(C2)OC(=O)Nc2ccc(Cl)c(F)c23)cc1. The quantitative estimate of drug-likeness (QED) is 0.456. The maximum atomic E-state index is 15.3. The van der Waals surface area contributed by atoms with Crippen molar-refractivity contribution in [2.75, 3.05) is 37.0 Å². The van der Waals surface area contributed by atoms with E-state index in [1.165, 1.54) is 48.3 Å². The second-order valence-electron chi connectivity index (χ2n) is 10.4. The molecule has 2 aromatic carbocycles. The molecule has 2 aromatic rings. The molecule has 5 rings (SSSR count). The molecule has 1 unspecified atom stereocenters. The minimum absolute atomic E-state index is 0.0910. The minimum atomic E-state index is -1.44. The van der Waals surface area contributed by atoms with Gasteiger partial charge in [-0.25, -0.2) is 14.0 Å². The van der Waals surface area contributed by atoms with E-state index in [-0.39, 0.29) is 47.3 Å². The number of ether oxygens (including phenoxy) is 2. The Labute approximate surface area is 240 Å². The molecule has 41 heavy (non-hydrogen) atoms. The summed E-state index contributed by atoms with van der Waals surface area (Å²) in [7, 11) is 1.39. The van der Waals surface area contributed by atoms with Gasteiger partial charge in [-0.1, -0.05) is 11.6 Å². The standard InChI is InChI=1S/C28H30ClFN4O7/c1-33(27(38)39)17-7-5-16(6-8-17)24(35)31-21(14-18-4-2-13-40-18)25(36)34-12-3-11-28(15-34)22-20(32-26(37)41-28)10-9-19(29)23(22)30/h5-10,18,21H,2-4,11-15H2,1H3,(H,31,35)(H,32,37)(H,38,39)/t18-,21?,28-/m0/s1. The minimum Gasteiger partial charge on any atom is -0.465 e. The molecule has 3 heterocycles. The normalized spacial score (nSPS) is 22.4. The first-order chi connectivity index (χ1) is 19.6. The van der Waals surface area contributed by atoms with Gasteiger partial charge in [0.25, 0.3) is 5.91 Å². The van der Waals surface area contributed by atoms with Crippen LogP contribution in [0, 0.1) is 5.82 Å². The Bertz CT molecular complexity index is 1370. The third-order valence-electron chi connectivity index (χ3n) is 7.77. The summed E-state index contributed by atoms with van der Waals surface area (Å²) in [6, 6.07) is 7.83. The molecule has 11 nitrogen and oxygen atoms in total. The summed E-state index contributed by atoms with van der Waals surface area (Å²) in [5, 5.41) is 14.4. The van der Waals surface area contributed by atoms with Crippen molar-refractivity contribution in [3.63, 3.8) is 0 Å². The Morgan fingerprint density at radius 2 is 2.00 bits per heavy atom. The van der Waals surface area contributed by atoms with E-state index in [0.717, 1.165) is 17.7 Å². The van der Waals surface area contributed by atoms with Crippen LogP contribution in [0.4, 0.5) is 25.4 Å². The number of piperidine rings is 1. The van der Waals surface area contributed by atoms with Gasteiger partial charge in [0.2, 0.25) is 5.91 Å². The average molecular weight is 589 g/mol. The summed E-state index contributed by atoms with van der Waals surface area (Å²) >= 11 is 6.07. The van der Waals surface area contributed by atoms with Crippen molar-refractivity contribution in [1.29, 1.82) is 0 Å². The summed E-state index contributed by atoms with van der Waals surface area (Å²) in [6.07, 6.45) is 0.375. The highest BCUT2D eigenvalue weighted by Crippen LogP contribution is 2.45. The summed E-state index contributed by atoms with van der Waals surface area (Å²) < 4.78 is 26.7. The number of halogens is 2. The predicted molar refractivity (Wildman–Crippen MR) is 147 cm³/mol. The number of carboxylic acid groups (broad SMARTS) is 1. The average Bonchev–Trinajstić information content (AvgIpc) is 3.47. The van der Waals surface area contributed by atoms with Crippen LogP contribution in [0.1, 0.15) is 48.0 Å². The van der Waals surface area contributed by atoms with Crippen LogP contribution < -0.4 is 15.5 Å². The number of likely N-dealkylation sites (tertiary alicyclic amines) is 1. The van der Waals surface area contributed by atoms with Crippen LogP contribution in [0.25, 0.3) is 0 Å². The number of hydrogen-bond donors (Lipinski definition) is 3. The van der Waals surface area contributed by atoms with Crippen molar-refractivity contribution in [2.45, 2.75) is 49.9 Å². The van der Waals surface area contributed by atoms with Gasteiger partial charge in [0, 0.05) is 37.9 Å². The maximum Gasteiger partial charge on any atom is 0.412 e. The topological polar surface area (TPSA) is 138 Å². The molecular weight excluding hydrogens is 559 g/mol. The highest BCUT2D eigenvalue weighted by molar-refractivity contribution is 6.31. The van der Waals surface area contributed by atoms with E-state index in [4.69, 9.17) is 21.1 Å². The van der Waals surface area contributed by atoms with Gasteiger partial charge >= 0.3 is 12.2 Å². The molecule has 218 valence electrons. The molecule has 13 heteroatoms. The van der Waals surface area contributed by atoms with Gasteiger partial charge in [-0.2, -0.15) is 0 Å². The zero-order valence-electron chi connectivity index (χ0n) is 22.3. The molecule has 0 aliphatic carbocycles. The zero-order chi connectivity index (χ0) is 29.3. The number of nitrogens with zero attached hydrogens (tertiary/aromatic N) is 2. The van der Waals surface area contributed by atoms with Crippen molar-refractivity contribution in [3.8, 4) is 0 Å². The number of rotatable bonds is 6. The van der Waals surface area contributed by atoms with E-state index in [1.807, 2.05) is 0 Å². The van der Waals surface area contributed by atoms with Crippen LogP contribution in [-0.4, -0.2) is 72.9 Å². The lowest BCUT2D eigenvalue weighted by molar-refractivity contribution is -0.142. The highest BCUT2D eigenvalue weighted by atomic mass is 35.5. The predicted octanol–water partition coefficient (Wildman–Crippen LogP) is 4.34. The largest absolute Gasteiger partial charge is 0.465 e. The monoisotopic (exact) mass is 588 g/mol. The Morgan fingerprint density at radius 3 is 2.68 bits per heavy atom. The summed E-state index contributed by atoms with van der Waals surface area (Å²) in [4.78, 5) is 53.3. The molecule has 0 aromatic heterocycles. The Morgan fingerprint density at radius 1 is 1.24 bits per heavy atom. The van der Waals surface area contributed by atoms with Crippen LogP contribution in [0.3, 0.4) is 0 Å². The van der Waals surface area contributed by atoms with Crippen LogP contribution in [-0.2, 0) is 19.9 Å². The number of fused-ring (bicyclic) bond motifs is 2. The number of hydrogen-bond acceptors (Lipinski definition) is 6. The molecule has 2 saturated heterocycles. The first-order valence-electron chi connectivity index (χ1n) is 13.3.